The van der Waals surface area contributed by atoms with Crippen LogP contribution in [0.3, 0.4) is 0 Å². The summed E-state index contributed by atoms with van der Waals surface area (Å²) in [5, 5.41) is 13.1. The van der Waals surface area contributed by atoms with Gasteiger partial charge in [-0.15, -0.1) is 0 Å². The summed E-state index contributed by atoms with van der Waals surface area (Å²) in [7, 11) is 0. The van der Waals surface area contributed by atoms with Gasteiger partial charge in [-0.25, -0.2) is 4.98 Å². The number of rotatable bonds is 9. The lowest BCUT2D eigenvalue weighted by atomic mass is 10.0. The third kappa shape index (κ3) is 6.98. The molecule has 8 heteroatoms. The van der Waals surface area contributed by atoms with E-state index in [9.17, 15) is 18.3 Å². The number of unbranched alkanes of at least 4 members (excludes halogenated alkanes) is 1. The first-order valence-electron chi connectivity index (χ1n) is 12.4. The van der Waals surface area contributed by atoms with E-state index in [0.717, 1.165) is 80.7 Å². The second kappa shape index (κ2) is 11.8. The molecule has 1 aliphatic rings. The minimum atomic E-state index is -4.31. The summed E-state index contributed by atoms with van der Waals surface area (Å²) in [5.74, 6) is 0.835. The van der Waals surface area contributed by atoms with E-state index in [4.69, 9.17) is 0 Å². The molecule has 2 heterocycles. The van der Waals surface area contributed by atoms with Crippen LogP contribution in [0.5, 0.6) is 0 Å². The zero-order valence-electron chi connectivity index (χ0n) is 20.5. The average Bonchev–Trinajstić information content (AvgIpc) is 2.89. The van der Waals surface area contributed by atoms with E-state index in [2.05, 4.69) is 15.2 Å². The Morgan fingerprint density at radius 2 is 1.69 bits per heavy atom. The molecule has 1 aromatic heterocycles. The Bertz CT molecular complexity index is 1110. The molecule has 5 nitrogen and oxygen atoms in total. The van der Waals surface area contributed by atoms with E-state index in [1.807, 2.05) is 41.3 Å². The van der Waals surface area contributed by atoms with Crippen LogP contribution >= 0.6 is 0 Å². The van der Waals surface area contributed by atoms with Gasteiger partial charge in [-0.1, -0.05) is 30.3 Å². The van der Waals surface area contributed by atoms with Crippen LogP contribution in [0.1, 0.15) is 37.0 Å². The smallest absolute Gasteiger partial charge is 0.389 e. The number of nitrogens with zero attached hydrogens (tertiary/aromatic N) is 3. The highest BCUT2D eigenvalue weighted by Gasteiger charge is 2.31. The van der Waals surface area contributed by atoms with Gasteiger partial charge in [0.15, 0.2) is 0 Å². The molecular weight excluding hydrogens is 465 g/mol. The maximum Gasteiger partial charge on any atom is 0.416 e. The fourth-order valence-corrected chi connectivity index (χ4v) is 4.45. The lowest BCUT2D eigenvalue weighted by Crippen LogP contribution is -2.46. The van der Waals surface area contributed by atoms with E-state index >= 15 is 0 Å². The topological polar surface area (TPSA) is 51.6 Å². The number of benzene rings is 2. The minimum Gasteiger partial charge on any atom is -0.389 e. The molecule has 36 heavy (non-hydrogen) atoms. The van der Waals surface area contributed by atoms with Crippen LogP contribution in [0.2, 0.25) is 0 Å². The van der Waals surface area contributed by atoms with Crippen molar-refractivity contribution in [1.29, 1.82) is 0 Å². The number of anilines is 2. The predicted molar refractivity (Wildman–Crippen MR) is 138 cm³/mol. The molecule has 0 radical (unpaired) electrons. The first kappa shape index (κ1) is 26.0. The summed E-state index contributed by atoms with van der Waals surface area (Å²) in [6.07, 6.45) is -0.954. The summed E-state index contributed by atoms with van der Waals surface area (Å²) < 4.78 is 39.0. The van der Waals surface area contributed by atoms with Gasteiger partial charge in [0, 0.05) is 44.6 Å². The molecular formula is C28H33F3N4O. The first-order valence-corrected chi connectivity index (χ1v) is 12.4. The van der Waals surface area contributed by atoms with E-state index in [1.54, 1.807) is 19.2 Å². The van der Waals surface area contributed by atoms with Gasteiger partial charge in [0.2, 0.25) is 0 Å². The molecule has 1 unspecified atom stereocenters. The molecule has 0 aliphatic carbocycles. The van der Waals surface area contributed by atoms with Gasteiger partial charge in [-0.3, -0.25) is 4.90 Å². The van der Waals surface area contributed by atoms with Crippen molar-refractivity contribution in [3.05, 3.63) is 78.0 Å². The number of alkyl halides is 3. The lowest BCUT2D eigenvalue weighted by molar-refractivity contribution is -0.137. The number of halogens is 3. The van der Waals surface area contributed by atoms with Crippen molar-refractivity contribution in [3.63, 3.8) is 0 Å². The first-order chi connectivity index (χ1) is 17.3. The van der Waals surface area contributed by atoms with Gasteiger partial charge in [0.1, 0.15) is 5.82 Å². The van der Waals surface area contributed by atoms with Gasteiger partial charge in [0.25, 0.3) is 0 Å². The van der Waals surface area contributed by atoms with Crippen molar-refractivity contribution in [1.82, 2.24) is 9.88 Å². The third-order valence-corrected chi connectivity index (χ3v) is 6.60. The van der Waals surface area contributed by atoms with Crippen LogP contribution in [0.25, 0.3) is 11.1 Å². The largest absolute Gasteiger partial charge is 0.416 e. The third-order valence-electron chi connectivity index (χ3n) is 6.60. The number of aliphatic hydroxyl groups excluding tert-OH is 1. The van der Waals surface area contributed by atoms with Crippen molar-refractivity contribution in [2.45, 2.75) is 32.0 Å². The van der Waals surface area contributed by atoms with Crippen LogP contribution in [-0.4, -0.2) is 54.3 Å². The minimum absolute atomic E-state index is 0.479. The van der Waals surface area contributed by atoms with E-state index in [-0.39, 0.29) is 0 Å². The summed E-state index contributed by atoms with van der Waals surface area (Å²) in [4.78, 5) is 8.83. The summed E-state index contributed by atoms with van der Waals surface area (Å²) in [6.45, 7) is 6.71. The van der Waals surface area contributed by atoms with E-state index in [1.165, 1.54) is 12.1 Å². The molecule has 1 aliphatic heterocycles. The van der Waals surface area contributed by atoms with Crippen molar-refractivity contribution in [2.75, 3.05) is 49.5 Å². The predicted octanol–water partition coefficient (Wildman–Crippen LogP) is 5.84. The SMILES string of the molecule is CC(O)c1ccc(-c2ccnc(NCCCCN3CCN(c4cccc(C(F)(F)F)c4)CC3)c2)cc1. The van der Waals surface area contributed by atoms with Crippen molar-refractivity contribution in [2.24, 2.45) is 0 Å². The molecule has 192 valence electrons. The Balaban J connectivity index is 1.17. The highest BCUT2D eigenvalue weighted by molar-refractivity contribution is 5.66. The van der Waals surface area contributed by atoms with Crippen molar-refractivity contribution >= 4 is 11.5 Å². The number of piperazine rings is 1. The average molecular weight is 499 g/mol. The van der Waals surface area contributed by atoms with E-state index in [0.29, 0.717) is 5.69 Å². The Hall–Kier alpha value is -3.10. The standard InChI is InChI=1S/C28H33F3N4O/c1-21(36)22-7-9-23(10-8-22)24-11-13-33-27(19-24)32-12-2-3-14-34-15-17-35(18-16-34)26-6-4-5-25(20-26)28(29,30)31/h4-11,13,19-21,36H,2-3,12,14-18H2,1H3,(H,32,33). The fourth-order valence-electron chi connectivity index (χ4n) is 4.45. The van der Waals surface area contributed by atoms with Gasteiger partial charge in [-0.05, 0) is 73.3 Å². The van der Waals surface area contributed by atoms with Gasteiger partial charge >= 0.3 is 6.18 Å². The van der Waals surface area contributed by atoms with Crippen LogP contribution in [0.4, 0.5) is 24.7 Å². The Morgan fingerprint density at radius 1 is 0.944 bits per heavy atom. The zero-order chi connectivity index (χ0) is 25.5. The monoisotopic (exact) mass is 498 g/mol. The van der Waals surface area contributed by atoms with Crippen LogP contribution in [0, 0.1) is 0 Å². The number of aliphatic hydroxyl groups is 1. The molecule has 2 N–H and O–H groups in total. The Labute approximate surface area is 210 Å². The molecule has 1 saturated heterocycles. The highest BCUT2D eigenvalue weighted by Crippen LogP contribution is 2.32. The molecule has 0 bridgehead atoms. The van der Waals surface area contributed by atoms with Gasteiger partial charge < -0.3 is 15.3 Å². The molecule has 1 fully saturated rings. The maximum absolute atomic E-state index is 13.0. The number of hydrogen-bond donors (Lipinski definition) is 2. The fraction of sp³-hybridized carbons (Fsp3) is 0.393. The van der Waals surface area contributed by atoms with Crippen molar-refractivity contribution in [3.8, 4) is 11.1 Å². The highest BCUT2D eigenvalue weighted by atomic mass is 19.4. The summed E-state index contributed by atoms with van der Waals surface area (Å²) in [6, 6.07) is 17.5. The van der Waals surface area contributed by atoms with E-state index < -0.39 is 17.8 Å². The molecule has 2 aromatic carbocycles. The molecule has 3 aromatic rings. The van der Waals surface area contributed by atoms with Crippen molar-refractivity contribution < 1.29 is 18.3 Å². The summed E-state index contributed by atoms with van der Waals surface area (Å²) in [5.41, 5.74) is 3.09. The molecule has 0 amide bonds. The van der Waals surface area contributed by atoms with Crippen LogP contribution in [-0.2, 0) is 6.18 Å². The number of hydrogen-bond acceptors (Lipinski definition) is 5. The maximum atomic E-state index is 13.0. The quantitative estimate of drug-likeness (QED) is 0.363. The molecule has 1 atom stereocenters. The van der Waals surface area contributed by atoms with Gasteiger partial charge in [-0.2, -0.15) is 13.2 Å². The van der Waals surface area contributed by atoms with Crippen LogP contribution < -0.4 is 10.2 Å². The zero-order valence-corrected chi connectivity index (χ0v) is 20.5. The van der Waals surface area contributed by atoms with Gasteiger partial charge in [0.05, 0.1) is 11.7 Å². The Kier molecular flexibility index (Phi) is 8.48. The summed E-state index contributed by atoms with van der Waals surface area (Å²) >= 11 is 0. The Morgan fingerprint density at radius 3 is 2.39 bits per heavy atom. The molecule has 0 spiro atoms. The number of nitrogens with one attached hydrogen (secondary N) is 1. The lowest BCUT2D eigenvalue weighted by Gasteiger charge is -2.36. The normalized spacial score (nSPS) is 15.6. The second-order valence-corrected chi connectivity index (χ2v) is 9.24. The molecule has 0 saturated carbocycles. The number of pyridine rings is 1. The molecule has 4 rings (SSSR count). The second-order valence-electron chi connectivity index (χ2n) is 9.24. The van der Waals surface area contributed by atoms with Crippen LogP contribution in [0.15, 0.2) is 66.9 Å². The number of aromatic nitrogens is 1.